The van der Waals surface area contributed by atoms with Gasteiger partial charge in [0, 0.05) is 38.3 Å². The Balaban J connectivity index is 2.07. The van der Waals surface area contributed by atoms with Gasteiger partial charge in [0.2, 0.25) is 10.0 Å². The zero-order valence-corrected chi connectivity index (χ0v) is 15.2. The number of morpholine rings is 1. The van der Waals surface area contributed by atoms with Gasteiger partial charge in [0.25, 0.3) is 5.69 Å². The molecule has 2 saturated heterocycles. The second-order valence-corrected chi connectivity index (χ2v) is 8.59. The predicted molar refractivity (Wildman–Crippen MR) is 93.3 cm³/mol. The first-order valence-corrected chi connectivity index (χ1v) is 9.92. The van der Waals surface area contributed by atoms with E-state index in [1.807, 2.05) is 18.7 Å². The zero-order valence-electron chi connectivity index (χ0n) is 14.4. The van der Waals surface area contributed by atoms with Gasteiger partial charge in [0.1, 0.15) is 4.90 Å². The van der Waals surface area contributed by atoms with Crippen molar-refractivity contribution in [2.75, 3.05) is 31.1 Å². The molecular weight excluding hydrogens is 346 g/mol. The third kappa shape index (κ3) is 3.63. The molecule has 0 aliphatic carbocycles. The first-order chi connectivity index (χ1) is 11.8. The highest BCUT2D eigenvalue weighted by Crippen LogP contribution is 2.34. The summed E-state index contributed by atoms with van der Waals surface area (Å²) in [5.74, 6) is 0. The molecule has 138 valence electrons. The Morgan fingerprint density at radius 3 is 2.32 bits per heavy atom. The second kappa shape index (κ2) is 6.89. The number of rotatable bonds is 4. The van der Waals surface area contributed by atoms with E-state index in [1.54, 1.807) is 6.07 Å². The lowest BCUT2D eigenvalue weighted by Gasteiger charge is -2.37. The fourth-order valence-electron chi connectivity index (χ4n) is 3.53. The van der Waals surface area contributed by atoms with Crippen molar-refractivity contribution < 1.29 is 18.1 Å². The van der Waals surface area contributed by atoms with E-state index in [9.17, 15) is 18.5 Å². The van der Waals surface area contributed by atoms with Crippen LogP contribution in [0.1, 0.15) is 26.7 Å². The molecule has 1 aromatic carbocycles. The lowest BCUT2D eigenvalue weighted by atomic mass is 10.2. The molecule has 3 rings (SSSR count). The van der Waals surface area contributed by atoms with Gasteiger partial charge in [-0.1, -0.05) is 0 Å². The number of sulfonamides is 1. The highest BCUT2D eigenvalue weighted by molar-refractivity contribution is 7.89. The first kappa shape index (κ1) is 18.1. The zero-order chi connectivity index (χ0) is 18.2. The number of hydrogen-bond acceptors (Lipinski definition) is 6. The van der Waals surface area contributed by atoms with Crippen LogP contribution in [0.4, 0.5) is 11.4 Å². The van der Waals surface area contributed by atoms with Crippen LogP contribution in [-0.4, -0.2) is 56.0 Å². The molecule has 8 nitrogen and oxygen atoms in total. The van der Waals surface area contributed by atoms with Gasteiger partial charge in [-0.15, -0.1) is 0 Å². The quantitative estimate of drug-likeness (QED) is 0.595. The summed E-state index contributed by atoms with van der Waals surface area (Å²) in [7, 11) is -3.76. The fraction of sp³-hybridized carbons (Fsp3) is 0.625. The summed E-state index contributed by atoms with van der Waals surface area (Å²) in [6.45, 7) is 5.88. The number of nitro benzene ring substituents is 1. The number of benzene rings is 1. The van der Waals surface area contributed by atoms with Crippen molar-refractivity contribution in [3.63, 3.8) is 0 Å². The van der Waals surface area contributed by atoms with Gasteiger partial charge in [-0.25, -0.2) is 8.42 Å². The monoisotopic (exact) mass is 369 g/mol. The average molecular weight is 369 g/mol. The molecule has 9 heteroatoms. The number of ether oxygens (including phenoxy) is 1. The van der Waals surface area contributed by atoms with Gasteiger partial charge >= 0.3 is 0 Å². The molecule has 2 fully saturated rings. The second-order valence-electron chi connectivity index (χ2n) is 6.68. The summed E-state index contributed by atoms with van der Waals surface area (Å²) in [5.41, 5.74) is 0.301. The maximum atomic E-state index is 13.1. The van der Waals surface area contributed by atoms with Crippen LogP contribution in [0.15, 0.2) is 23.1 Å². The van der Waals surface area contributed by atoms with Gasteiger partial charge in [-0.3, -0.25) is 10.1 Å². The summed E-state index contributed by atoms with van der Waals surface area (Å²) in [6.07, 6.45) is 1.55. The summed E-state index contributed by atoms with van der Waals surface area (Å²) >= 11 is 0. The van der Waals surface area contributed by atoms with Crippen LogP contribution in [0.25, 0.3) is 0 Å². The van der Waals surface area contributed by atoms with E-state index in [0.717, 1.165) is 12.8 Å². The average Bonchev–Trinajstić information content (AvgIpc) is 3.08. The van der Waals surface area contributed by atoms with E-state index in [2.05, 4.69) is 0 Å². The van der Waals surface area contributed by atoms with Crippen LogP contribution >= 0.6 is 0 Å². The van der Waals surface area contributed by atoms with Crippen molar-refractivity contribution in [3.05, 3.63) is 28.3 Å². The number of hydrogen-bond donors (Lipinski definition) is 0. The molecule has 25 heavy (non-hydrogen) atoms. The standard InChI is InChI=1S/C16H23N3O5S/c1-12-10-17(11-13(2)24-12)15-6-5-14(19(20)21)9-16(15)25(22,23)18-7-3-4-8-18/h5-6,9,12-13H,3-4,7-8,10-11H2,1-2H3/t12-,13-/m0/s1. The molecule has 0 spiro atoms. The van der Waals surface area contributed by atoms with Crippen LogP contribution in [0.5, 0.6) is 0 Å². The smallest absolute Gasteiger partial charge is 0.270 e. The Bertz CT molecular complexity index is 751. The van der Waals surface area contributed by atoms with Gasteiger partial charge in [-0.2, -0.15) is 4.31 Å². The minimum atomic E-state index is -3.76. The Labute approximate surface area is 147 Å². The SMILES string of the molecule is C[C@H]1CN(c2ccc([N+](=O)[O-])cc2S(=O)(=O)N2CCCC2)C[C@H](C)O1. The summed E-state index contributed by atoms with van der Waals surface area (Å²) in [4.78, 5) is 12.6. The summed E-state index contributed by atoms with van der Waals surface area (Å²) < 4.78 is 33.3. The highest BCUT2D eigenvalue weighted by atomic mass is 32.2. The Morgan fingerprint density at radius 2 is 1.76 bits per heavy atom. The van der Waals surface area contributed by atoms with Gasteiger partial charge in [0.15, 0.2) is 0 Å². The topological polar surface area (TPSA) is 93.0 Å². The molecule has 0 bridgehead atoms. The van der Waals surface area contributed by atoms with E-state index >= 15 is 0 Å². The van der Waals surface area contributed by atoms with Gasteiger partial charge < -0.3 is 9.64 Å². The maximum absolute atomic E-state index is 13.1. The van der Waals surface area contributed by atoms with Crippen LogP contribution in [-0.2, 0) is 14.8 Å². The molecule has 0 saturated carbocycles. The third-order valence-electron chi connectivity index (χ3n) is 4.60. The minimum Gasteiger partial charge on any atom is -0.372 e. The molecular formula is C16H23N3O5S. The van der Waals surface area contributed by atoms with Crippen LogP contribution < -0.4 is 4.90 Å². The molecule has 0 N–H and O–H groups in total. The maximum Gasteiger partial charge on any atom is 0.270 e. The number of nitro groups is 1. The van der Waals surface area contributed by atoms with E-state index in [1.165, 1.54) is 16.4 Å². The molecule has 0 radical (unpaired) electrons. The molecule has 2 aliphatic rings. The van der Waals surface area contributed by atoms with Crippen LogP contribution in [0.3, 0.4) is 0 Å². The van der Waals surface area contributed by atoms with Crippen LogP contribution in [0.2, 0.25) is 0 Å². The number of nitrogens with zero attached hydrogens (tertiary/aromatic N) is 3. The van der Waals surface area contributed by atoms with E-state index < -0.39 is 14.9 Å². The lowest BCUT2D eigenvalue weighted by molar-refractivity contribution is -0.385. The minimum absolute atomic E-state index is 0.0184. The van der Waals surface area contributed by atoms with E-state index in [4.69, 9.17) is 4.74 Å². The lowest BCUT2D eigenvalue weighted by Crippen LogP contribution is -2.46. The summed E-state index contributed by atoms with van der Waals surface area (Å²) in [6, 6.07) is 4.10. The predicted octanol–water partition coefficient (Wildman–Crippen LogP) is 1.99. The summed E-state index contributed by atoms with van der Waals surface area (Å²) in [5, 5.41) is 11.2. The molecule has 0 unspecified atom stereocenters. The third-order valence-corrected chi connectivity index (χ3v) is 6.53. The van der Waals surface area contributed by atoms with Gasteiger partial charge in [-0.05, 0) is 32.8 Å². The van der Waals surface area contributed by atoms with Crippen molar-refractivity contribution in [3.8, 4) is 0 Å². The van der Waals surface area contributed by atoms with Crippen molar-refractivity contribution in [2.24, 2.45) is 0 Å². The first-order valence-electron chi connectivity index (χ1n) is 8.48. The Kier molecular flexibility index (Phi) is 4.99. The fourth-order valence-corrected chi connectivity index (χ4v) is 5.27. The Morgan fingerprint density at radius 1 is 1.16 bits per heavy atom. The Hall–Kier alpha value is -1.71. The van der Waals surface area contributed by atoms with Crippen molar-refractivity contribution in [2.45, 2.75) is 43.8 Å². The molecule has 0 amide bonds. The number of non-ortho nitro benzene ring substituents is 1. The molecule has 2 atom stereocenters. The molecule has 0 aromatic heterocycles. The normalized spacial score (nSPS) is 25.3. The molecule has 2 aliphatic heterocycles. The van der Waals surface area contributed by atoms with Gasteiger partial charge in [0.05, 0.1) is 22.8 Å². The largest absolute Gasteiger partial charge is 0.372 e. The molecule has 2 heterocycles. The van der Waals surface area contributed by atoms with E-state index in [0.29, 0.717) is 31.9 Å². The van der Waals surface area contributed by atoms with Crippen LogP contribution in [0, 0.1) is 10.1 Å². The number of anilines is 1. The van der Waals surface area contributed by atoms with E-state index in [-0.39, 0.29) is 22.8 Å². The molecule has 1 aromatic rings. The highest BCUT2D eigenvalue weighted by Gasteiger charge is 2.34. The van der Waals surface area contributed by atoms with Crippen molar-refractivity contribution in [1.82, 2.24) is 4.31 Å². The van der Waals surface area contributed by atoms with Crippen molar-refractivity contribution >= 4 is 21.4 Å². The van der Waals surface area contributed by atoms with Crippen molar-refractivity contribution in [1.29, 1.82) is 0 Å².